The minimum atomic E-state index is 0.478. The van der Waals surface area contributed by atoms with Crippen molar-refractivity contribution in [2.45, 2.75) is 13.3 Å². The highest BCUT2D eigenvalue weighted by atomic mass is 127. The molecule has 0 amide bonds. The number of nitrogen functional groups attached to an aromatic ring is 1. The average molecular weight is 419 g/mol. The predicted molar refractivity (Wildman–Crippen MR) is 86.0 cm³/mol. The monoisotopic (exact) mass is 418 g/mol. The zero-order chi connectivity index (χ0) is 13.1. The van der Waals surface area contributed by atoms with Gasteiger partial charge in [-0.05, 0) is 56.7 Å². The number of hydrogen-bond acceptors (Lipinski definition) is 4. The van der Waals surface area contributed by atoms with Gasteiger partial charge in [0, 0.05) is 20.5 Å². The number of aryl methyl sites for hydroxylation is 1. The predicted octanol–water partition coefficient (Wildman–Crippen LogP) is 3.73. The Balaban J connectivity index is 2.33. The van der Waals surface area contributed by atoms with Crippen molar-refractivity contribution in [3.05, 3.63) is 38.1 Å². The first kappa shape index (κ1) is 13.5. The van der Waals surface area contributed by atoms with Gasteiger partial charge in [-0.25, -0.2) is 9.97 Å². The zero-order valence-corrected chi connectivity index (χ0v) is 13.5. The number of anilines is 3. The number of aromatic nitrogens is 2. The van der Waals surface area contributed by atoms with E-state index in [1.807, 2.05) is 25.1 Å². The van der Waals surface area contributed by atoms with Crippen LogP contribution in [0, 0.1) is 3.57 Å². The van der Waals surface area contributed by atoms with Crippen LogP contribution < -0.4 is 11.1 Å². The number of nitrogens with one attached hydrogen (secondary N) is 1. The molecule has 0 bridgehead atoms. The lowest BCUT2D eigenvalue weighted by atomic mass is 10.3. The third-order valence-corrected chi connectivity index (χ3v) is 3.66. The van der Waals surface area contributed by atoms with Crippen molar-refractivity contribution >= 4 is 55.8 Å². The fourth-order valence-corrected chi connectivity index (χ4v) is 2.31. The van der Waals surface area contributed by atoms with Crippen molar-refractivity contribution in [2.24, 2.45) is 0 Å². The maximum Gasteiger partial charge on any atom is 0.136 e. The smallest absolute Gasteiger partial charge is 0.136 e. The zero-order valence-electron chi connectivity index (χ0n) is 9.74. The van der Waals surface area contributed by atoms with Crippen molar-refractivity contribution in [3.63, 3.8) is 0 Å². The molecule has 0 aliphatic rings. The summed E-state index contributed by atoms with van der Waals surface area (Å²) in [5, 5.41) is 3.25. The molecule has 6 heteroatoms. The van der Waals surface area contributed by atoms with E-state index in [1.54, 1.807) is 6.07 Å². The number of benzene rings is 1. The molecule has 0 spiro atoms. The molecule has 0 fully saturated rings. The highest BCUT2D eigenvalue weighted by molar-refractivity contribution is 14.1. The fourth-order valence-electron chi connectivity index (χ4n) is 1.47. The standard InChI is InChI=1S/C12H12BrIN4/c1-2-11-17-10(15)6-12(18-11)16-9-5-7(14)3-4-8(9)13/h3-6H,2H2,1H3,(H3,15,16,17,18). The Kier molecular flexibility index (Phi) is 4.39. The van der Waals surface area contributed by atoms with Gasteiger partial charge in [-0.3, -0.25) is 0 Å². The molecule has 0 radical (unpaired) electrons. The maximum absolute atomic E-state index is 5.75. The molecule has 1 aromatic carbocycles. The summed E-state index contributed by atoms with van der Waals surface area (Å²) in [6.45, 7) is 2.00. The SMILES string of the molecule is CCc1nc(N)cc(Nc2cc(I)ccc2Br)n1. The molecule has 0 unspecified atom stereocenters. The maximum atomic E-state index is 5.75. The van der Waals surface area contributed by atoms with Gasteiger partial charge >= 0.3 is 0 Å². The van der Waals surface area contributed by atoms with E-state index in [0.29, 0.717) is 11.6 Å². The van der Waals surface area contributed by atoms with Crippen LogP contribution >= 0.6 is 38.5 Å². The molecule has 1 aromatic heterocycles. The van der Waals surface area contributed by atoms with Crippen LogP contribution in [0.25, 0.3) is 0 Å². The van der Waals surface area contributed by atoms with E-state index >= 15 is 0 Å². The highest BCUT2D eigenvalue weighted by Gasteiger charge is 2.05. The summed E-state index contributed by atoms with van der Waals surface area (Å²) in [6.07, 6.45) is 0.757. The van der Waals surface area contributed by atoms with Crippen LogP contribution in [0.1, 0.15) is 12.7 Å². The molecule has 94 valence electrons. The normalized spacial score (nSPS) is 10.4. The minimum Gasteiger partial charge on any atom is -0.384 e. The van der Waals surface area contributed by atoms with E-state index in [9.17, 15) is 0 Å². The van der Waals surface area contributed by atoms with Gasteiger partial charge in [-0.1, -0.05) is 6.92 Å². The number of halogens is 2. The van der Waals surface area contributed by atoms with Gasteiger partial charge in [-0.15, -0.1) is 0 Å². The molecule has 0 atom stereocenters. The summed E-state index contributed by atoms with van der Waals surface area (Å²) in [5.74, 6) is 1.92. The molecule has 4 nitrogen and oxygen atoms in total. The molecule has 3 N–H and O–H groups in total. The van der Waals surface area contributed by atoms with Gasteiger partial charge in [0.25, 0.3) is 0 Å². The third kappa shape index (κ3) is 3.32. The Morgan fingerprint density at radius 2 is 2.11 bits per heavy atom. The van der Waals surface area contributed by atoms with Crippen molar-refractivity contribution in [1.29, 1.82) is 0 Å². The second kappa shape index (κ2) is 5.83. The second-order valence-corrected chi connectivity index (χ2v) is 5.80. The van der Waals surface area contributed by atoms with Gasteiger partial charge in [0.2, 0.25) is 0 Å². The van der Waals surface area contributed by atoms with Crippen molar-refractivity contribution in [3.8, 4) is 0 Å². The molecule has 0 saturated carbocycles. The first-order valence-electron chi connectivity index (χ1n) is 5.44. The largest absolute Gasteiger partial charge is 0.384 e. The van der Waals surface area contributed by atoms with Gasteiger partial charge in [0.05, 0.1) is 5.69 Å². The first-order valence-corrected chi connectivity index (χ1v) is 7.31. The second-order valence-electron chi connectivity index (χ2n) is 3.70. The Morgan fingerprint density at radius 3 is 2.83 bits per heavy atom. The van der Waals surface area contributed by atoms with E-state index in [4.69, 9.17) is 5.73 Å². The van der Waals surface area contributed by atoms with E-state index in [-0.39, 0.29) is 0 Å². The highest BCUT2D eigenvalue weighted by Crippen LogP contribution is 2.27. The summed E-state index contributed by atoms with van der Waals surface area (Å²) in [6, 6.07) is 7.79. The number of rotatable bonds is 3. The first-order chi connectivity index (χ1) is 8.58. The summed E-state index contributed by atoms with van der Waals surface area (Å²) in [4.78, 5) is 8.54. The number of nitrogens with two attached hydrogens (primary N) is 1. The van der Waals surface area contributed by atoms with Crippen molar-refractivity contribution in [2.75, 3.05) is 11.1 Å². The molecule has 18 heavy (non-hydrogen) atoms. The lowest BCUT2D eigenvalue weighted by Crippen LogP contribution is -2.03. The lowest BCUT2D eigenvalue weighted by Gasteiger charge is -2.09. The number of nitrogens with zero attached hydrogens (tertiary/aromatic N) is 2. The van der Waals surface area contributed by atoms with E-state index in [2.05, 4.69) is 53.8 Å². The van der Waals surface area contributed by atoms with Crippen LogP contribution in [0.2, 0.25) is 0 Å². The van der Waals surface area contributed by atoms with Crippen LogP contribution in [-0.4, -0.2) is 9.97 Å². The molecular weight excluding hydrogens is 407 g/mol. The van der Waals surface area contributed by atoms with Gasteiger partial charge in [-0.2, -0.15) is 0 Å². The Hall–Kier alpha value is -0.890. The molecular formula is C12H12BrIN4. The lowest BCUT2D eigenvalue weighted by molar-refractivity contribution is 0.948. The topological polar surface area (TPSA) is 63.8 Å². The number of hydrogen-bond donors (Lipinski definition) is 2. The third-order valence-electron chi connectivity index (χ3n) is 2.30. The summed E-state index contributed by atoms with van der Waals surface area (Å²) >= 11 is 5.77. The quantitative estimate of drug-likeness (QED) is 0.745. The van der Waals surface area contributed by atoms with E-state index in [1.165, 1.54) is 0 Å². The molecule has 0 aliphatic heterocycles. The van der Waals surface area contributed by atoms with Gasteiger partial charge in [0.1, 0.15) is 17.5 Å². The molecule has 1 heterocycles. The van der Waals surface area contributed by atoms with E-state index < -0.39 is 0 Å². The van der Waals surface area contributed by atoms with Crippen LogP contribution in [0.5, 0.6) is 0 Å². The molecule has 2 aromatic rings. The molecule has 0 saturated heterocycles. The Morgan fingerprint density at radius 1 is 1.33 bits per heavy atom. The summed E-state index contributed by atoms with van der Waals surface area (Å²) < 4.78 is 2.13. The Labute approximate surface area is 128 Å². The van der Waals surface area contributed by atoms with E-state index in [0.717, 1.165) is 26.0 Å². The van der Waals surface area contributed by atoms with Crippen LogP contribution in [0.15, 0.2) is 28.7 Å². The van der Waals surface area contributed by atoms with Crippen LogP contribution in [0.4, 0.5) is 17.3 Å². The minimum absolute atomic E-state index is 0.478. The van der Waals surface area contributed by atoms with Crippen molar-refractivity contribution < 1.29 is 0 Å². The van der Waals surface area contributed by atoms with Crippen LogP contribution in [-0.2, 0) is 6.42 Å². The summed E-state index contributed by atoms with van der Waals surface area (Å²) in [5.41, 5.74) is 6.71. The fraction of sp³-hybridized carbons (Fsp3) is 0.167. The van der Waals surface area contributed by atoms with Crippen molar-refractivity contribution in [1.82, 2.24) is 9.97 Å². The Bertz CT molecular complexity index is 574. The summed E-state index contributed by atoms with van der Waals surface area (Å²) in [7, 11) is 0. The average Bonchev–Trinajstić information content (AvgIpc) is 2.33. The molecule has 0 aliphatic carbocycles. The van der Waals surface area contributed by atoms with Crippen LogP contribution in [0.3, 0.4) is 0 Å². The molecule has 2 rings (SSSR count). The van der Waals surface area contributed by atoms with Gasteiger partial charge < -0.3 is 11.1 Å². The van der Waals surface area contributed by atoms with Gasteiger partial charge in [0.15, 0.2) is 0 Å².